The highest BCUT2D eigenvalue weighted by molar-refractivity contribution is 5.94. The quantitative estimate of drug-likeness (QED) is 0.891. The summed E-state index contributed by atoms with van der Waals surface area (Å²) in [7, 11) is 7.82. The van der Waals surface area contributed by atoms with E-state index in [1.165, 1.54) is 0 Å². The number of rotatable bonds is 4. The van der Waals surface area contributed by atoms with Crippen LogP contribution in [0.2, 0.25) is 0 Å². The number of carbonyl (C=O) groups is 1. The zero-order valence-corrected chi connectivity index (χ0v) is 16.4. The maximum Gasteiger partial charge on any atom is 0.274 e. The van der Waals surface area contributed by atoms with Crippen LogP contribution in [0, 0.1) is 6.92 Å². The number of hydrogen-bond acceptors (Lipinski definition) is 6. The Morgan fingerprint density at radius 1 is 1.19 bits per heavy atom. The number of anilines is 2. The molecule has 0 saturated carbocycles. The van der Waals surface area contributed by atoms with Crippen LogP contribution in [0.15, 0.2) is 0 Å². The molecule has 2 aromatic rings. The second-order valence-corrected chi connectivity index (χ2v) is 7.07. The van der Waals surface area contributed by atoms with Gasteiger partial charge in [-0.2, -0.15) is 10.1 Å². The van der Waals surface area contributed by atoms with Crippen LogP contribution in [0.4, 0.5) is 11.8 Å². The van der Waals surface area contributed by atoms with E-state index in [0.29, 0.717) is 24.7 Å². The number of aryl methyl sites for hydroxylation is 1. The third-order valence-electron chi connectivity index (χ3n) is 4.81. The average Bonchev–Trinajstić information content (AvgIpc) is 2.99. The molecule has 0 unspecified atom stereocenters. The van der Waals surface area contributed by atoms with Gasteiger partial charge in [-0.1, -0.05) is 6.92 Å². The van der Waals surface area contributed by atoms with Gasteiger partial charge < -0.3 is 14.7 Å². The fourth-order valence-electron chi connectivity index (χ4n) is 3.28. The van der Waals surface area contributed by atoms with Crippen molar-refractivity contribution in [3.05, 3.63) is 28.2 Å². The molecular weight excluding hydrogens is 330 g/mol. The van der Waals surface area contributed by atoms with Gasteiger partial charge in [0.05, 0.1) is 12.2 Å². The maximum atomic E-state index is 13.0. The van der Waals surface area contributed by atoms with E-state index in [9.17, 15) is 4.79 Å². The molecule has 0 aliphatic carbocycles. The van der Waals surface area contributed by atoms with Crippen LogP contribution in [-0.4, -0.2) is 65.7 Å². The summed E-state index contributed by atoms with van der Waals surface area (Å²) in [6.45, 7) is 5.12. The van der Waals surface area contributed by atoms with Gasteiger partial charge in [-0.25, -0.2) is 4.98 Å². The molecule has 0 fully saturated rings. The van der Waals surface area contributed by atoms with Crippen LogP contribution in [0.5, 0.6) is 0 Å². The Labute approximate surface area is 154 Å². The number of hydrogen-bond donors (Lipinski definition) is 1. The van der Waals surface area contributed by atoms with Crippen LogP contribution < -0.4 is 9.80 Å². The zero-order valence-electron chi connectivity index (χ0n) is 16.4. The second kappa shape index (κ2) is 6.93. The predicted molar refractivity (Wildman–Crippen MR) is 102 cm³/mol. The van der Waals surface area contributed by atoms with Gasteiger partial charge in [0, 0.05) is 51.6 Å². The Morgan fingerprint density at radius 2 is 1.92 bits per heavy atom. The monoisotopic (exact) mass is 357 g/mol. The molecule has 1 aliphatic rings. The lowest BCUT2D eigenvalue weighted by molar-refractivity contribution is 0.0725. The number of carbonyl (C=O) groups excluding carboxylic acids is 1. The number of aromatic nitrogens is 4. The number of nitrogens with one attached hydrogen (secondary N) is 1. The summed E-state index contributed by atoms with van der Waals surface area (Å²) in [5.74, 6) is 1.54. The molecular formula is C18H27N7O. The van der Waals surface area contributed by atoms with Gasteiger partial charge in [0.1, 0.15) is 5.82 Å². The first-order valence-corrected chi connectivity index (χ1v) is 8.91. The summed E-state index contributed by atoms with van der Waals surface area (Å²) >= 11 is 0. The number of aromatic amines is 1. The van der Waals surface area contributed by atoms with E-state index < -0.39 is 0 Å². The lowest BCUT2D eigenvalue weighted by Crippen LogP contribution is -2.38. The molecule has 0 saturated heterocycles. The molecule has 3 rings (SSSR count). The predicted octanol–water partition coefficient (Wildman–Crippen LogP) is 1.40. The van der Waals surface area contributed by atoms with Crippen molar-refractivity contribution in [2.45, 2.75) is 33.2 Å². The van der Waals surface area contributed by atoms with E-state index in [1.807, 2.05) is 56.7 Å². The summed E-state index contributed by atoms with van der Waals surface area (Å²) < 4.78 is 0. The van der Waals surface area contributed by atoms with Gasteiger partial charge >= 0.3 is 0 Å². The molecule has 26 heavy (non-hydrogen) atoms. The topological polar surface area (TPSA) is 81.2 Å². The number of amides is 1. The highest BCUT2D eigenvalue weighted by atomic mass is 16.2. The van der Waals surface area contributed by atoms with Crippen molar-refractivity contribution in [2.75, 3.05) is 44.5 Å². The van der Waals surface area contributed by atoms with Crippen molar-refractivity contribution in [3.8, 4) is 0 Å². The molecule has 0 aromatic carbocycles. The highest BCUT2D eigenvalue weighted by Gasteiger charge is 2.29. The van der Waals surface area contributed by atoms with Crippen LogP contribution in [0.3, 0.4) is 0 Å². The molecule has 140 valence electrons. The first-order valence-electron chi connectivity index (χ1n) is 8.91. The van der Waals surface area contributed by atoms with E-state index >= 15 is 0 Å². The maximum absolute atomic E-state index is 13.0. The van der Waals surface area contributed by atoms with Crippen molar-refractivity contribution >= 4 is 17.7 Å². The van der Waals surface area contributed by atoms with Crippen molar-refractivity contribution in [3.63, 3.8) is 0 Å². The standard InChI is InChI=1S/C18H27N7O/c1-7-13-11(2)15(22-21-13)17(26)25-9-8-12-14(10-25)19-18(24(5)6)20-16(12)23(3)4/h7-10H2,1-6H3,(H,21,22). The number of fused-ring (bicyclic) bond motifs is 1. The van der Waals surface area contributed by atoms with Gasteiger partial charge in [-0.3, -0.25) is 9.89 Å². The molecule has 0 radical (unpaired) electrons. The fraction of sp³-hybridized carbons (Fsp3) is 0.556. The Kier molecular flexibility index (Phi) is 4.84. The van der Waals surface area contributed by atoms with Crippen molar-refractivity contribution in [2.24, 2.45) is 0 Å². The molecule has 1 N–H and O–H groups in total. The SMILES string of the molecule is CCc1[nH]nc(C(=O)N2CCc3c(nc(N(C)C)nc3N(C)C)C2)c1C. The van der Waals surface area contributed by atoms with Gasteiger partial charge in [-0.05, 0) is 19.8 Å². The first kappa shape index (κ1) is 18.2. The second-order valence-electron chi connectivity index (χ2n) is 7.07. The minimum atomic E-state index is -0.0412. The summed E-state index contributed by atoms with van der Waals surface area (Å²) in [6.07, 6.45) is 1.58. The summed E-state index contributed by atoms with van der Waals surface area (Å²) in [5, 5.41) is 7.22. The lowest BCUT2D eigenvalue weighted by Gasteiger charge is -2.31. The molecule has 0 spiro atoms. The average molecular weight is 357 g/mol. The van der Waals surface area contributed by atoms with Crippen LogP contribution in [-0.2, 0) is 19.4 Å². The Balaban J connectivity index is 1.93. The Morgan fingerprint density at radius 3 is 2.50 bits per heavy atom. The Hall–Kier alpha value is -2.64. The molecule has 1 amide bonds. The van der Waals surface area contributed by atoms with E-state index in [1.54, 1.807) is 0 Å². The van der Waals surface area contributed by atoms with Gasteiger partial charge in [0.15, 0.2) is 5.69 Å². The third-order valence-corrected chi connectivity index (χ3v) is 4.81. The van der Waals surface area contributed by atoms with Crippen LogP contribution in [0.25, 0.3) is 0 Å². The van der Waals surface area contributed by atoms with Crippen molar-refractivity contribution < 1.29 is 4.79 Å². The minimum absolute atomic E-state index is 0.0412. The highest BCUT2D eigenvalue weighted by Crippen LogP contribution is 2.28. The molecule has 0 atom stereocenters. The van der Waals surface area contributed by atoms with Crippen molar-refractivity contribution in [1.82, 2.24) is 25.1 Å². The van der Waals surface area contributed by atoms with Crippen LogP contribution in [0.1, 0.15) is 39.9 Å². The zero-order chi connectivity index (χ0) is 19.0. The van der Waals surface area contributed by atoms with E-state index in [-0.39, 0.29) is 5.91 Å². The molecule has 8 heteroatoms. The summed E-state index contributed by atoms with van der Waals surface area (Å²) in [6, 6.07) is 0. The molecule has 0 bridgehead atoms. The fourth-order valence-corrected chi connectivity index (χ4v) is 3.28. The number of H-pyrrole nitrogens is 1. The third kappa shape index (κ3) is 3.11. The normalized spacial score (nSPS) is 13.5. The van der Waals surface area contributed by atoms with Gasteiger partial charge in [0.25, 0.3) is 5.91 Å². The molecule has 3 heterocycles. The van der Waals surface area contributed by atoms with Gasteiger partial charge in [0.2, 0.25) is 5.95 Å². The van der Waals surface area contributed by atoms with E-state index in [4.69, 9.17) is 4.98 Å². The van der Waals surface area contributed by atoms with Crippen LogP contribution >= 0.6 is 0 Å². The smallest absolute Gasteiger partial charge is 0.274 e. The largest absolute Gasteiger partial charge is 0.362 e. The summed E-state index contributed by atoms with van der Waals surface area (Å²) in [5.41, 5.74) is 4.50. The van der Waals surface area contributed by atoms with E-state index in [0.717, 1.165) is 41.2 Å². The van der Waals surface area contributed by atoms with E-state index in [2.05, 4.69) is 15.2 Å². The lowest BCUT2D eigenvalue weighted by atomic mass is 10.0. The molecule has 1 aliphatic heterocycles. The van der Waals surface area contributed by atoms with Gasteiger partial charge in [-0.15, -0.1) is 0 Å². The first-order chi connectivity index (χ1) is 12.3. The molecule has 8 nitrogen and oxygen atoms in total. The summed E-state index contributed by atoms with van der Waals surface area (Å²) in [4.78, 5) is 28.1. The number of nitrogens with zero attached hydrogens (tertiary/aromatic N) is 6. The Bertz CT molecular complexity index is 825. The minimum Gasteiger partial charge on any atom is -0.362 e. The molecule has 2 aromatic heterocycles. The van der Waals surface area contributed by atoms with Crippen molar-refractivity contribution in [1.29, 1.82) is 0 Å².